The molecule has 1 aromatic rings. The van der Waals surface area contributed by atoms with E-state index in [1.54, 1.807) is 30.3 Å². The molecule has 4 N–H and O–H groups in total. The summed E-state index contributed by atoms with van der Waals surface area (Å²) in [6.07, 6.45) is -7.13. The highest BCUT2D eigenvalue weighted by Crippen LogP contribution is 2.48. The zero-order valence-corrected chi connectivity index (χ0v) is 18.5. The highest BCUT2D eigenvalue weighted by atomic mass is 16.7. The van der Waals surface area contributed by atoms with Gasteiger partial charge in [0.25, 0.3) is 0 Å². The fourth-order valence-electron chi connectivity index (χ4n) is 5.41. The highest BCUT2D eigenvalue weighted by Gasteiger charge is 2.63. The zero-order valence-electron chi connectivity index (χ0n) is 18.5. The lowest BCUT2D eigenvalue weighted by Crippen LogP contribution is -2.60. The Morgan fingerprint density at radius 3 is 2.29 bits per heavy atom. The van der Waals surface area contributed by atoms with E-state index in [0.29, 0.717) is 18.4 Å². The first-order valence-corrected chi connectivity index (χ1v) is 11.4. The van der Waals surface area contributed by atoms with Crippen molar-refractivity contribution in [3.63, 3.8) is 0 Å². The van der Waals surface area contributed by atoms with Crippen LogP contribution in [-0.2, 0) is 28.5 Å². The topological polar surface area (TPSA) is 159 Å². The van der Waals surface area contributed by atoms with Crippen LogP contribution in [0, 0.1) is 0 Å². The SMILES string of the molecule is CN1C2CC(OC(=O)C(COC3O[C@H](C(=O)O)[C@@H](O)[C@H](O)[C@H]3O)c3ccccc3)CC1C1OC12. The maximum atomic E-state index is 13.2. The van der Waals surface area contributed by atoms with Gasteiger partial charge in [-0.1, -0.05) is 30.3 Å². The van der Waals surface area contributed by atoms with Crippen molar-refractivity contribution >= 4 is 11.9 Å². The van der Waals surface area contributed by atoms with Crippen LogP contribution in [0.2, 0.25) is 0 Å². The van der Waals surface area contributed by atoms with Crippen molar-refractivity contribution in [2.75, 3.05) is 13.7 Å². The number of carboxylic acids is 1. The number of esters is 1. The molecule has 34 heavy (non-hydrogen) atoms. The highest BCUT2D eigenvalue weighted by molar-refractivity contribution is 5.78. The Bertz CT molecular complexity index is 896. The molecule has 1 aromatic carbocycles. The number of hydrogen-bond donors (Lipinski definition) is 4. The van der Waals surface area contributed by atoms with E-state index in [-0.39, 0.29) is 37.0 Å². The summed E-state index contributed by atoms with van der Waals surface area (Å²) in [5.41, 5.74) is 0.621. The molecular formula is C23H29NO10. The summed E-state index contributed by atoms with van der Waals surface area (Å²) in [5, 5.41) is 39.3. The van der Waals surface area contributed by atoms with Gasteiger partial charge in [-0.3, -0.25) is 9.69 Å². The normalized spacial score (nSPS) is 42.0. The minimum atomic E-state index is -1.82. The lowest BCUT2D eigenvalue weighted by atomic mass is 9.97. The Morgan fingerprint density at radius 1 is 1.03 bits per heavy atom. The predicted octanol–water partition coefficient (Wildman–Crippen LogP) is -1.17. The predicted molar refractivity (Wildman–Crippen MR) is 113 cm³/mol. The molecule has 0 radical (unpaired) electrons. The number of nitrogens with zero attached hydrogens (tertiary/aromatic N) is 1. The fraction of sp³-hybridized carbons (Fsp3) is 0.652. The van der Waals surface area contributed by atoms with Crippen LogP contribution in [0.4, 0.5) is 0 Å². The van der Waals surface area contributed by atoms with Crippen molar-refractivity contribution in [1.82, 2.24) is 4.90 Å². The van der Waals surface area contributed by atoms with E-state index >= 15 is 0 Å². The summed E-state index contributed by atoms with van der Waals surface area (Å²) >= 11 is 0. The average Bonchev–Trinajstić information content (AvgIpc) is 3.58. The molecule has 0 amide bonds. The van der Waals surface area contributed by atoms with Gasteiger partial charge in [0.1, 0.15) is 42.5 Å². The molecule has 0 aromatic heterocycles. The third kappa shape index (κ3) is 4.22. The number of piperidine rings is 1. The van der Waals surface area contributed by atoms with Crippen LogP contribution in [0.3, 0.4) is 0 Å². The van der Waals surface area contributed by atoms with Crippen LogP contribution in [0.5, 0.6) is 0 Å². The van der Waals surface area contributed by atoms with Gasteiger partial charge in [0.15, 0.2) is 12.4 Å². The average molecular weight is 479 g/mol. The number of aliphatic carboxylic acids is 1. The van der Waals surface area contributed by atoms with E-state index < -0.39 is 48.6 Å². The molecule has 6 unspecified atom stereocenters. The molecule has 4 saturated heterocycles. The van der Waals surface area contributed by atoms with Crippen LogP contribution < -0.4 is 0 Å². The number of aliphatic hydroxyl groups excluding tert-OH is 3. The molecular weight excluding hydrogens is 450 g/mol. The van der Waals surface area contributed by atoms with Crippen LogP contribution in [-0.4, -0.2) is 112 Å². The smallest absolute Gasteiger partial charge is 0.335 e. The van der Waals surface area contributed by atoms with E-state index in [9.17, 15) is 30.0 Å². The monoisotopic (exact) mass is 479 g/mol. The molecule has 0 saturated carbocycles. The van der Waals surface area contributed by atoms with Crippen molar-refractivity contribution in [2.45, 2.75) is 79.9 Å². The van der Waals surface area contributed by atoms with Gasteiger partial charge < -0.3 is 39.4 Å². The van der Waals surface area contributed by atoms with Crippen molar-refractivity contribution in [3.8, 4) is 0 Å². The number of aliphatic hydroxyl groups is 3. The molecule has 4 heterocycles. The molecule has 4 aliphatic heterocycles. The van der Waals surface area contributed by atoms with Gasteiger partial charge >= 0.3 is 11.9 Å². The van der Waals surface area contributed by atoms with E-state index in [0.717, 1.165) is 0 Å². The van der Waals surface area contributed by atoms with Crippen LogP contribution in [0.25, 0.3) is 0 Å². The molecule has 4 aliphatic rings. The first-order valence-electron chi connectivity index (χ1n) is 11.4. The van der Waals surface area contributed by atoms with Gasteiger partial charge in [0, 0.05) is 24.9 Å². The number of fused-ring (bicyclic) bond motifs is 5. The number of carbonyl (C=O) groups excluding carboxylic acids is 1. The third-order valence-corrected chi connectivity index (χ3v) is 7.38. The molecule has 2 bridgehead atoms. The quantitative estimate of drug-likeness (QED) is 0.276. The lowest BCUT2D eigenvalue weighted by molar-refractivity contribution is -0.294. The van der Waals surface area contributed by atoms with Gasteiger partial charge in [-0.05, 0) is 12.6 Å². The second kappa shape index (κ2) is 9.15. The van der Waals surface area contributed by atoms with Crippen molar-refractivity contribution < 1.29 is 49.0 Å². The summed E-state index contributed by atoms with van der Waals surface area (Å²) in [5.74, 6) is -2.88. The Hall–Kier alpha value is -2.12. The fourth-order valence-corrected chi connectivity index (χ4v) is 5.41. The summed E-state index contributed by atoms with van der Waals surface area (Å²) < 4.78 is 22.3. The molecule has 11 nitrogen and oxygen atoms in total. The minimum absolute atomic E-state index is 0.209. The summed E-state index contributed by atoms with van der Waals surface area (Å²) in [7, 11) is 2.06. The standard InChI is InChI=1S/C23H29NO10/c1-24-13-7-11(8-14(24)19-18(13)33-19)32-22(30)12(10-5-3-2-4-6-10)9-31-23-17(27)15(25)16(26)20(34-23)21(28)29/h2-6,11-20,23,25-27H,7-9H2,1H3,(H,28,29)/t11?,12?,13?,14?,15-,16-,17+,18?,19?,20-,23?/m0/s1. The van der Waals surface area contributed by atoms with E-state index in [2.05, 4.69) is 11.9 Å². The van der Waals surface area contributed by atoms with Crippen LogP contribution >= 0.6 is 0 Å². The zero-order chi connectivity index (χ0) is 24.1. The number of ether oxygens (including phenoxy) is 4. The molecule has 4 fully saturated rings. The van der Waals surface area contributed by atoms with Gasteiger partial charge in [0.2, 0.25) is 0 Å². The van der Waals surface area contributed by atoms with Gasteiger partial charge in [-0.25, -0.2) is 4.79 Å². The Morgan fingerprint density at radius 2 is 1.68 bits per heavy atom. The van der Waals surface area contributed by atoms with Crippen molar-refractivity contribution in [2.24, 2.45) is 0 Å². The Balaban J connectivity index is 1.26. The van der Waals surface area contributed by atoms with Gasteiger partial charge in [-0.15, -0.1) is 0 Å². The Labute approximate surface area is 195 Å². The molecule has 0 aliphatic carbocycles. The maximum absolute atomic E-state index is 13.2. The number of carboxylic acid groups (broad SMARTS) is 1. The first kappa shape index (κ1) is 23.6. The second-order valence-corrected chi connectivity index (χ2v) is 9.43. The molecule has 11 heteroatoms. The summed E-state index contributed by atoms with van der Waals surface area (Å²) in [6, 6.07) is 9.27. The van der Waals surface area contributed by atoms with Crippen LogP contribution in [0.1, 0.15) is 24.3 Å². The minimum Gasteiger partial charge on any atom is -0.479 e. The van der Waals surface area contributed by atoms with Gasteiger partial charge in [-0.2, -0.15) is 0 Å². The Kier molecular flexibility index (Phi) is 6.36. The second-order valence-electron chi connectivity index (χ2n) is 9.43. The molecule has 10 atom stereocenters. The number of morpholine rings is 1. The largest absolute Gasteiger partial charge is 0.479 e. The first-order chi connectivity index (χ1) is 16.3. The summed E-state index contributed by atoms with van der Waals surface area (Å²) in [4.78, 5) is 26.9. The van der Waals surface area contributed by atoms with Crippen LogP contribution in [0.15, 0.2) is 30.3 Å². The van der Waals surface area contributed by atoms with Gasteiger partial charge in [0.05, 0.1) is 6.61 Å². The number of likely N-dealkylation sites (N-methyl/N-ethyl adjacent to an activating group) is 1. The van der Waals surface area contributed by atoms with E-state index in [4.69, 9.17) is 18.9 Å². The lowest BCUT2D eigenvalue weighted by Gasteiger charge is -2.39. The number of rotatable bonds is 7. The summed E-state index contributed by atoms with van der Waals surface area (Å²) in [6.45, 7) is -0.284. The van der Waals surface area contributed by atoms with Crippen molar-refractivity contribution in [3.05, 3.63) is 35.9 Å². The number of benzene rings is 1. The van der Waals surface area contributed by atoms with E-state index in [1.165, 1.54) is 0 Å². The molecule has 186 valence electrons. The molecule has 5 rings (SSSR count). The number of carbonyl (C=O) groups is 2. The third-order valence-electron chi connectivity index (χ3n) is 7.38. The molecule has 0 spiro atoms. The van der Waals surface area contributed by atoms with E-state index in [1.807, 2.05) is 0 Å². The van der Waals surface area contributed by atoms with Crippen molar-refractivity contribution in [1.29, 1.82) is 0 Å². The maximum Gasteiger partial charge on any atom is 0.335 e. The number of epoxide rings is 1. The number of hydrogen-bond acceptors (Lipinski definition) is 10.